The van der Waals surface area contributed by atoms with E-state index in [0.29, 0.717) is 5.75 Å². The molecule has 0 spiro atoms. The first-order chi connectivity index (χ1) is 11.7. The molecule has 0 fully saturated rings. The van der Waals surface area contributed by atoms with Crippen LogP contribution in [-0.4, -0.2) is 11.3 Å². The third-order valence-electron chi connectivity index (χ3n) is 4.64. The highest BCUT2D eigenvalue weighted by molar-refractivity contribution is 7.95. The van der Waals surface area contributed by atoms with E-state index in [0.717, 1.165) is 18.1 Å². The number of hydrogen-bond donors (Lipinski definition) is 1. The van der Waals surface area contributed by atoms with Crippen molar-refractivity contribution in [2.45, 2.75) is 20.3 Å². The number of hydrogen-bond acceptors (Lipinski definition) is 1. The van der Waals surface area contributed by atoms with Gasteiger partial charge in [0.1, 0.15) is 28.9 Å². The van der Waals surface area contributed by atoms with E-state index < -0.39 is 7.26 Å². The topological polar surface area (TPSA) is 20.2 Å². The lowest BCUT2D eigenvalue weighted by Crippen LogP contribution is -3.00. The molecule has 0 bridgehead atoms. The molecule has 0 aromatic heterocycles. The summed E-state index contributed by atoms with van der Waals surface area (Å²) in [4.78, 5) is 0. The third-order valence-corrected chi connectivity index (χ3v) is 9.43. The minimum absolute atomic E-state index is 0. The van der Waals surface area contributed by atoms with Gasteiger partial charge >= 0.3 is 0 Å². The summed E-state index contributed by atoms with van der Waals surface area (Å²) in [5.41, 5.74) is 1.01. The summed E-state index contributed by atoms with van der Waals surface area (Å²) in [6.07, 6.45) is 2.21. The largest absolute Gasteiger partial charge is 1.00 e. The molecule has 0 radical (unpaired) electrons. The predicted molar refractivity (Wildman–Crippen MR) is 107 cm³/mol. The van der Waals surface area contributed by atoms with E-state index in [1.807, 2.05) is 13.0 Å². The van der Waals surface area contributed by atoms with Crippen molar-refractivity contribution >= 4 is 23.2 Å². The number of benzene rings is 3. The average molecular weight is 415 g/mol. The molecule has 0 heterocycles. The van der Waals surface area contributed by atoms with Crippen LogP contribution in [0.25, 0.3) is 0 Å². The van der Waals surface area contributed by atoms with Gasteiger partial charge in [-0.3, -0.25) is 0 Å². The molecule has 0 unspecified atom stereocenters. The fraction of sp³-hybridized carbons (Fsp3) is 0.182. The van der Waals surface area contributed by atoms with Gasteiger partial charge < -0.3 is 22.1 Å². The SMILES string of the molecule is CCC[P+](c1ccccc1)(c1ccccc1)c1cccc(O)c1C.[Br-]. The van der Waals surface area contributed by atoms with Crippen molar-refractivity contribution in [1.82, 2.24) is 0 Å². The smallest absolute Gasteiger partial charge is 0.122 e. The molecule has 0 saturated carbocycles. The van der Waals surface area contributed by atoms with Gasteiger partial charge in [0.25, 0.3) is 0 Å². The van der Waals surface area contributed by atoms with Gasteiger partial charge in [-0.1, -0.05) is 49.4 Å². The van der Waals surface area contributed by atoms with E-state index >= 15 is 0 Å². The second-order valence-corrected chi connectivity index (χ2v) is 9.71. The van der Waals surface area contributed by atoms with Crippen molar-refractivity contribution in [3.63, 3.8) is 0 Å². The van der Waals surface area contributed by atoms with Crippen LogP contribution < -0.4 is 32.9 Å². The van der Waals surface area contributed by atoms with Gasteiger partial charge in [-0.2, -0.15) is 0 Å². The van der Waals surface area contributed by atoms with Crippen LogP contribution in [0.2, 0.25) is 0 Å². The summed E-state index contributed by atoms with van der Waals surface area (Å²) in [5.74, 6) is 0.389. The lowest BCUT2D eigenvalue weighted by atomic mass is 10.2. The highest BCUT2D eigenvalue weighted by atomic mass is 79.9. The molecule has 0 amide bonds. The zero-order valence-electron chi connectivity index (χ0n) is 14.7. The maximum atomic E-state index is 10.3. The normalized spacial score (nSPS) is 11.0. The van der Waals surface area contributed by atoms with Crippen LogP contribution >= 0.6 is 7.26 Å². The van der Waals surface area contributed by atoms with Crippen LogP contribution in [0.1, 0.15) is 18.9 Å². The van der Waals surface area contributed by atoms with Gasteiger partial charge in [-0.25, -0.2) is 0 Å². The summed E-state index contributed by atoms with van der Waals surface area (Å²) in [6.45, 7) is 4.29. The van der Waals surface area contributed by atoms with Gasteiger partial charge in [0.05, 0.1) is 6.16 Å². The van der Waals surface area contributed by atoms with Crippen LogP contribution in [0.5, 0.6) is 5.75 Å². The van der Waals surface area contributed by atoms with Crippen molar-refractivity contribution in [1.29, 1.82) is 0 Å². The predicted octanol–water partition coefficient (Wildman–Crippen LogP) is 1.41. The number of aromatic hydroxyl groups is 1. The molecule has 3 rings (SSSR count). The number of phenols is 1. The average Bonchev–Trinajstić information content (AvgIpc) is 2.64. The molecule has 0 aliphatic heterocycles. The molecule has 0 aliphatic rings. The summed E-state index contributed by atoms with van der Waals surface area (Å²) >= 11 is 0. The van der Waals surface area contributed by atoms with Crippen molar-refractivity contribution in [2.75, 3.05) is 6.16 Å². The van der Waals surface area contributed by atoms with Crippen molar-refractivity contribution < 1.29 is 22.1 Å². The van der Waals surface area contributed by atoms with Crippen LogP contribution in [0, 0.1) is 6.92 Å². The van der Waals surface area contributed by atoms with Crippen LogP contribution in [0.15, 0.2) is 78.9 Å². The Morgan fingerprint density at radius 3 is 1.76 bits per heavy atom. The summed E-state index contributed by atoms with van der Waals surface area (Å²) in [5, 5.41) is 14.4. The Labute approximate surface area is 161 Å². The van der Waals surface area contributed by atoms with Crippen LogP contribution in [0.4, 0.5) is 0 Å². The van der Waals surface area contributed by atoms with Crippen LogP contribution in [0.3, 0.4) is 0 Å². The molecule has 0 saturated heterocycles. The van der Waals surface area contributed by atoms with Gasteiger partial charge in [0.2, 0.25) is 0 Å². The van der Waals surface area contributed by atoms with Crippen molar-refractivity contribution in [3.05, 3.63) is 84.4 Å². The molecule has 3 aromatic carbocycles. The minimum Gasteiger partial charge on any atom is -1.00 e. The van der Waals surface area contributed by atoms with E-state index in [1.54, 1.807) is 6.07 Å². The molecular formula is C22H24BrOP. The Balaban J connectivity index is 0.00000225. The Hall–Kier alpha value is -1.63. The van der Waals surface area contributed by atoms with E-state index in [1.165, 1.54) is 15.9 Å². The zero-order valence-corrected chi connectivity index (χ0v) is 17.2. The van der Waals surface area contributed by atoms with Crippen molar-refractivity contribution in [2.24, 2.45) is 0 Å². The molecule has 0 aliphatic carbocycles. The quantitative estimate of drug-likeness (QED) is 0.625. The Bertz CT molecular complexity index is 763. The van der Waals surface area contributed by atoms with E-state index in [-0.39, 0.29) is 17.0 Å². The highest BCUT2D eigenvalue weighted by Crippen LogP contribution is 2.56. The first-order valence-electron chi connectivity index (χ1n) is 8.48. The first kappa shape index (κ1) is 19.7. The monoisotopic (exact) mass is 414 g/mol. The molecule has 1 nitrogen and oxygen atoms in total. The number of halogens is 1. The molecule has 1 N–H and O–H groups in total. The van der Waals surface area contributed by atoms with Gasteiger partial charge in [0.15, 0.2) is 0 Å². The molecule has 0 atom stereocenters. The van der Waals surface area contributed by atoms with Crippen LogP contribution in [-0.2, 0) is 0 Å². The van der Waals surface area contributed by atoms with E-state index in [9.17, 15) is 5.11 Å². The third kappa shape index (κ3) is 3.66. The number of rotatable bonds is 5. The molecule has 25 heavy (non-hydrogen) atoms. The Morgan fingerprint density at radius 2 is 1.28 bits per heavy atom. The van der Waals surface area contributed by atoms with Gasteiger partial charge in [-0.05, 0) is 49.7 Å². The molecule has 3 heteroatoms. The summed E-state index contributed by atoms with van der Waals surface area (Å²) in [7, 11) is -1.78. The summed E-state index contributed by atoms with van der Waals surface area (Å²) in [6, 6.07) is 27.6. The number of phenolic OH excluding ortho intramolecular Hbond substituents is 1. The Morgan fingerprint density at radius 1 is 0.760 bits per heavy atom. The lowest BCUT2D eigenvalue weighted by Gasteiger charge is -2.28. The standard InChI is InChI=1S/C22H23OP.BrH/c1-3-17-24(19-11-6-4-7-12-19,20-13-8-5-9-14-20)22-16-10-15-21(23)18(22)2;/h4-16H,3,17H2,1-2H3;1H. The maximum Gasteiger partial charge on any atom is 0.122 e. The summed E-state index contributed by atoms with van der Waals surface area (Å²) < 4.78 is 0. The lowest BCUT2D eigenvalue weighted by molar-refractivity contribution is -0.00000580. The van der Waals surface area contributed by atoms with E-state index in [2.05, 4.69) is 73.7 Å². The maximum absolute atomic E-state index is 10.3. The zero-order chi connectivity index (χ0) is 17.0. The molecule has 130 valence electrons. The first-order valence-corrected chi connectivity index (χ1v) is 10.5. The fourth-order valence-electron chi connectivity index (χ4n) is 3.53. The molecule has 3 aromatic rings. The highest BCUT2D eigenvalue weighted by Gasteiger charge is 2.45. The minimum atomic E-state index is -1.78. The second kappa shape index (κ2) is 8.65. The van der Waals surface area contributed by atoms with Gasteiger partial charge in [0, 0.05) is 5.56 Å². The second-order valence-electron chi connectivity index (χ2n) is 6.13. The van der Waals surface area contributed by atoms with Crippen molar-refractivity contribution in [3.8, 4) is 5.75 Å². The molecular weight excluding hydrogens is 391 g/mol. The van der Waals surface area contributed by atoms with E-state index in [4.69, 9.17) is 0 Å². The fourth-order valence-corrected chi connectivity index (χ4v) is 8.20. The Kier molecular flexibility index (Phi) is 6.81. The van der Waals surface area contributed by atoms with Gasteiger partial charge in [-0.15, -0.1) is 0 Å².